The van der Waals surface area contributed by atoms with E-state index in [0.29, 0.717) is 13.2 Å². The Morgan fingerprint density at radius 2 is 1.89 bits per heavy atom. The van der Waals surface area contributed by atoms with Gasteiger partial charge in [0.1, 0.15) is 0 Å². The van der Waals surface area contributed by atoms with Gasteiger partial charge in [-0.1, -0.05) is 0 Å². The van der Waals surface area contributed by atoms with E-state index in [9.17, 15) is 9.59 Å². The van der Waals surface area contributed by atoms with E-state index in [1.165, 1.54) is 0 Å². The van der Waals surface area contributed by atoms with Crippen LogP contribution in [0.25, 0.3) is 0 Å². The van der Waals surface area contributed by atoms with Crippen molar-refractivity contribution in [1.29, 1.82) is 0 Å². The highest BCUT2D eigenvalue weighted by Crippen LogP contribution is 2.22. The van der Waals surface area contributed by atoms with E-state index in [1.807, 2.05) is 13.8 Å². The lowest BCUT2D eigenvalue weighted by atomic mass is 9.97. The molecular formula is C13H24N2O3. The van der Waals surface area contributed by atoms with Gasteiger partial charge in [0, 0.05) is 32.3 Å². The highest BCUT2D eigenvalue weighted by atomic mass is 16.5. The van der Waals surface area contributed by atoms with Gasteiger partial charge < -0.3 is 15.0 Å². The third-order valence-corrected chi connectivity index (χ3v) is 3.43. The summed E-state index contributed by atoms with van der Waals surface area (Å²) in [6, 6.07) is 0.317. The van der Waals surface area contributed by atoms with Crippen molar-refractivity contribution < 1.29 is 14.3 Å². The molecule has 5 nitrogen and oxygen atoms in total. The number of hydrogen-bond acceptors (Lipinski definition) is 3. The van der Waals surface area contributed by atoms with Crippen molar-refractivity contribution in [2.24, 2.45) is 0 Å². The normalized spacial score (nSPS) is 23.8. The van der Waals surface area contributed by atoms with Gasteiger partial charge in [-0.3, -0.25) is 9.59 Å². The fraction of sp³-hybridized carbons (Fsp3) is 0.846. The standard InChI is InChI=1S/C13H24N2O3/c1-10-6-4-7-11(2)15(10)13(17)12(16)14-8-5-9-18-3/h10-11H,4-9H2,1-3H3,(H,14,16). The molecule has 0 saturated carbocycles. The van der Waals surface area contributed by atoms with Crippen molar-refractivity contribution in [3.05, 3.63) is 0 Å². The number of piperidine rings is 1. The molecule has 2 amide bonds. The Bertz CT molecular complexity index is 284. The molecule has 2 atom stereocenters. The number of hydrogen-bond donors (Lipinski definition) is 1. The Hall–Kier alpha value is -1.10. The molecule has 5 heteroatoms. The fourth-order valence-corrected chi connectivity index (χ4v) is 2.43. The van der Waals surface area contributed by atoms with Gasteiger partial charge in [0.05, 0.1) is 0 Å². The van der Waals surface area contributed by atoms with Crippen molar-refractivity contribution in [3.8, 4) is 0 Å². The number of amides is 2. The Balaban J connectivity index is 2.44. The van der Waals surface area contributed by atoms with Crippen LogP contribution in [0.2, 0.25) is 0 Å². The minimum Gasteiger partial charge on any atom is -0.385 e. The number of methoxy groups -OCH3 is 1. The third kappa shape index (κ3) is 3.98. The first-order valence-corrected chi connectivity index (χ1v) is 6.67. The molecule has 104 valence electrons. The van der Waals surface area contributed by atoms with Gasteiger partial charge >= 0.3 is 11.8 Å². The quantitative estimate of drug-likeness (QED) is 0.601. The van der Waals surface area contributed by atoms with E-state index in [2.05, 4.69) is 5.32 Å². The maximum Gasteiger partial charge on any atom is 0.312 e. The van der Waals surface area contributed by atoms with Crippen LogP contribution < -0.4 is 5.32 Å². The first kappa shape index (κ1) is 15.0. The first-order valence-electron chi connectivity index (χ1n) is 6.67. The van der Waals surface area contributed by atoms with Gasteiger partial charge in [0.25, 0.3) is 0 Å². The summed E-state index contributed by atoms with van der Waals surface area (Å²) in [5.74, 6) is -0.890. The number of carbonyl (C=O) groups is 2. The van der Waals surface area contributed by atoms with Crippen LogP contribution >= 0.6 is 0 Å². The topological polar surface area (TPSA) is 58.6 Å². The van der Waals surface area contributed by atoms with E-state index in [1.54, 1.807) is 12.0 Å². The Kier molecular flexibility index (Phi) is 6.12. The van der Waals surface area contributed by atoms with Crippen molar-refractivity contribution in [2.45, 2.75) is 51.6 Å². The molecule has 1 saturated heterocycles. The average Bonchev–Trinajstić information content (AvgIpc) is 2.34. The van der Waals surface area contributed by atoms with Crippen LogP contribution in [0.4, 0.5) is 0 Å². The predicted octanol–water partition coefficient (Wildman–Crippen LogP) is 0.929. The first-order chi connectivity index (χ1) is 8.57. The highest BCUT2D eigenvalue weighted by Gasteiger charge is 2.32. The fourth-order valence-electron chi connectivity index (χ4n) is 2.43. The summed E-state index contributed by atoms with van der Waals surface area (Å²) in [5, 5.41) is 2.65. The second-order valence-electron chi connectivity index (χ2n) is 4.94. The zero-order valence-electron chi connectivity index (χ0n) is 11.6. The average molecular weight is 256 g/mol. The number of nitrogens with one attached hydrogen (secondary N) is 1. The third-order valence-electron chi connectivity index (χ3n) is 3.43. The lowest BCUT2D eigenvalue weighted by Crippen LogP contribution is -2.53. The van der Waals surface area contributed by atoms with E-state index in [-0.39, 0.29) is 12.1 Å². The molecular weight excluding hydrogens is 232 g/mol. The summed E-state index contributed by atoms with van der Waals surface area (Å²) in [7, 11) is 1.62. The van der Waals surface area contributed by atoms with E-state index in [0.717, 1.165) is 25.7 Å². The minimum absolute atomic E-state index is 0.158. The Morgan fingerprint density at radius 1 is 1.28 bits per heavy atom. The molecule has 0 aliphatic carbocycles. The molecule has 2 unspecified atom stereocenters. The number of carbonyl (C=O) groups excluding carboxylic acids is 2. The smallest absolute Gasteiger partial charge is 0.312 e. The predicted molar refractivity (Wildman–Crippen MR) is 69.1 cm³/mol. The summed E-state index contributed by atoms with van der Waals surface area (Å²) in [4.78, 5) is 25.5. The Labute approximate surface area is 109 Å². The molecule has 1 aliphatic rings. The van der Waals surface area contributed by atoms with Crippen LogP contribution in [0.3, 0.4) is 0 Å². The van der Waals surface area contributed by atoms with Gasteiger partial charge in [0.2, 0.25) is 0 Å². The van der Waals surface area contributed by atoms with Crippen LogP contribution in [0, 0.1) is 0 Å². The lowest BCUT2D eigenvalue weighted by molar-refractivity contribution is -0.150. The molecule has 0 radical (unpaired) electrons. The lowest BCUT2D eigenvalue weighted by Gasteiger charge is -2.38. The number of likely N-dealkylation sites (tertiary alicyclic amines) is 1. The highest BCUT2D eigenvalue weighted by molar-refractivity contribution is 6.35. The number of nitrogens with zero attached hydrogens (tertiary/aromatic N) is 1. The molecule has 1 fully saturated rings. The monoisotopic (exact) mass is 256 g/mol. The van der Waals surface area contributed by atoms with Crippen LogP contribution in [-0.4, -0.2) is 49.1 Å². The zero-order valence-corrected chi connectivity index (χ0v) is 11.6. The van der Waals surface area contributed by atoms with Crippen molar-refractivity contribution in [2.75, 3.05) is 20.3 Å². The zero-order chi connectivity index (χ0) is 13.5. The van der Waals surface area contributed by atoms with E-state index >= 15 is 0 Å². The molecule has 18 heavy (non-hydrogen) atoms. The summed E-state index contributed by atoms with van der Waals surface area (Å²) in [6.45, 7) is 5.08. The van der Waals surface area contributed by atoms with Crippen molar-refractivity contribution in [1.82, 2.24) is 10.2 Å². The summed E-state index contributed by atoms with van der Waals surface area (Å²) >= 11 is 0. The van der Waals surface area contributed by atoms with Crippen LogP contribution in [0.15, 0.2) is 0 Å². The maximum atomic E-state index is 12.1. The van der Waals surface area contributed by atoms with Crippen LogP contribution in [0.1, 0.15) is 39.5 Å². The molecule has 0 aromatic carbocycles. The van der Waals surface area contributed by atoms with E-state index in [4.69, 9.17) is 4.74 Å². The summed E-state index contributed by atoms with van der Waals surface area (Å²) < 4.78 is 4.89. The number of ether oxygens (including phenoxy) is 1. The van der Waals surface area contributed by atoms with Crippen LogP contribution in [-0.2, 0) is 14.3 Å². The molecule has 1 rings (SSSR count). The minimum atomic E-state index is -0.494. The molecule has 0 aromatic heterocycles. The SMILES string of the molecule is COCCCNC(=O)C(=O)N1C(C)CCCC1C. The molecule has 0 bridgehead atoms. The summed E-state index contributed by atoms with van der Waals surface area (Å²) in [6.07, 6.45) is 3.81. The van der Waals surface area contributed by atoms with Gasteiger partial charge in [-0.05, 0) is 39.5 Å². The largest absolute Gasteiger partial charge is 0.385 e. The summed E-state index contributed by atoms with van der Waals surface area (Å²) in [5.41, 5.74) is 0. The van der Waals surface area contributed by atoms with Gasteiger partial charge in [-0.15, -0.1) is 0 Å². The van der Waals surface area contributed by atoms with Gasteiger partial charge in [-0.2, -0.15) is 0 Å². The molecule has 0 spiro atoms. The molecule has 0 aromatic rings. The second kappa shape index (κ2) is 7.36. The van der Waals surface area contributed by atoms with Crippen molar-refractivity contribution >= 4 is 11.8 Å². The molecule has 1 aliphatic heterocycles. The second-order valence-corrected chi connectivity index (χ2v) is 4.94. The van der Waals surface area contributed by atoms with E-state index < -0.39 is 11.8 Å². The van der Waals surface area contributed by atoms with Gasteiger partial charge in [-0.25, -0.2) is 0 Å². The number of rotatable bonds is 4. The molecule has 1 heterocycles. The maximum absolute atomic E-state index is 12.1. The van der Waals surface area contributed by atoms with Crippen molar-refractivity contribution in [3.63, 3.8) is 0 Å². The molecule has 1 N–H and O–H groups in total. The van der Waals surface area contributed by atoms with Gasteiger partial charge in [0.15, 0.2) is 0 Å². The van der Waals surface area contributed by atoms with Crippen LogP contribution in [0.5, 0.6) is 0 Å². The Morgan fingerprint density at radius 3 is 2.44 bits per heavy atom.